The maximum atomic E-state index is 12.0. The first kappa shape index (κ1) is 22.3. The zero-order chi connectivity index (χ0) is 21.2. The molecule has 0 saturated heterocycles. The number of hydrogen-bond donors (Lipinski definition) is 2. The Labute approximate surface area is 174 Å². The van der Waals surface area contributed by atoms with Crippen LogP contribution in [0.4, 0.5) is 11.4 Å². The monoisotopic (exact) mass is 416 g/mol. The van der Waals surface area contributed by atoms with Gasteiger partial charge in [0, 0.05) is 17.4 Å². The number of thioether (sulfide) groups is 1. The summed E-state index contributed by atoms with van der Waals surface area (Å²) in [5, 5.41) is 5.43. The van der Waals surface area contributed by atoms with E-state index in [1.807, 2.05) is 32.0 Å². The molecule has 0 unspecified atom stereocenters. The van der Waals surface area contributed by atoms with E-state index in [0.29, 0.717) is 11.4 Å². The lowest BCUT2D eigenvalue weighted by atomic mass is 10.1. The number of ether oxygens (including phenoxy) is 2. The SMILES string of the molecule is COc1cccc(NC(=O)COC(=O)CSCC(=O)Nc2ccc(C)cc2C)c1. The summed E-state index contributed by atoms with van der Waals surface area (Å²) in [6.07, 6.45) is 0. The fourth-order valence-corrected chi connectivity index (χ4v) is 3.06. The largest absolute Gasteiger partial charge is 0.497 e. The summed E-state index contributed by atoms with van der Waals surface area (Å²) in [5.74, 6) is -0.523. The van der Waals surface area contributed by atoms with Crippen molar-refractivity contribution in [1.29, 1.82) is 0 Å². The van der Waals surface area contributed by atoms with Crippen LogP contribution in [-0.2, 0) is 19.1 Å². The molecule has 0 fully saturated rings. The molecule has 2 rings (SSSR count). The molecule has 8 heteroatoms. The van der Waals surface area contributed by atoms with Crippen LogP contribution in [0.1, 0.15) is 11.1 Å². The van der Waals surface area contributed by atoms with E-state index >= 15 is 0 Å². The quantitative estimate of drug-likeness (QED) is 0.610. The molecular weight excluding hydrogens is 392 g/mol. The van der Waals surface area contributed by atoms with Crippen LogP contribution < -0.4 is 15.4 Å². The molecule has 2 aromatic rings. The molecule has 0 aliphatic carbocycles. The van der Waals surface area contributed by atoms with Crippen molar-refractivity contribution in [3.05, 3.63) is 53.6 Å². The van der Waals surface area contributed by atoms with Crippen LogP contribution >= 0.6 is 11.8 Å². The van der Waals surface area contributed by atoms with Crippen molar-refractivity contribution in [2.75, 3.05) is 35.9 Å². The van der Waals surface area contributed by atoms with Crippen molar-refractivity contribution in [3.63, 3.8) is 0 Å². The van der Waals surface area contributed by atoms with Gasteiger partial charge in [0.25, 0.3) is 5.91 Å². The molecule has 0 bridgehead atoms. The van der Waals surface area contributed by atoms with Crippen LogP contribution in [-0.4, -0.2) is 43.0 Å². The first-order valence-corrected chi connectivity index (χ1v) is 10.1. The third-order valence-corrected chi connectivity index (χ3v) is 4.73. The fourth-order valence-electron chi connectivity index (χ4n) is 2.45. The maximum absolute atomic E-state index is 12.0. The molecule has 0 atom stereocenters. The van der Waals surface area contributed by atoms with E-state index in [9.17, 15) is 14.4 Å². The van der Waals surface area contributed by atoms with Gasteiger partial charge in [0.2, 0.25) is 5.91 Å². The van der Waals surface area contributed by atoms with E-state index in [2.05, 4.69) is 10.6 Å². The minimum absolute atomic E-state index is 0.0211. The van der Waals surface area contributed by atoms with Gasteiger partial charge >= 0.3 is 5.97 Å². The average molecular weight is 416 g/mol. The van der Waals surface area contributed by atoms with E-state index in [1.54, 1.807) is 24.3 Å². The third-order valence-electron chi connectivity index (χ3n) is 3.83. The highest BCUT2D eigenvalue weighted by molar-refractivity contribution is 8.00. The van der Waals surface area contributed by atoms with Crippen LogP contribution in [0.25, 0.3) is 0 Å². The average Bonchev–Trinajstić information content (AvgIpc) is 2.68. The summed E-state index contributed by atoms with van der Waals surface area (Å²) in [4.78, 5) is 35.6. The number of carbonyl (C=O) groups excluding carboxylic acids is 3. The summed E-state index contributed by atoms with van der Waals surface area (Å²) in [5.41, 5.74) is 3.39. The second-order valence-electron chi connectivity index (χ2n) is 6.30. The Morgan fingerprint density at radius 3 is 2.48 bits per heavy atom. The number of aryl methyl sites for hydroxylation is 2. The van der Waals surface area contributed by atoms with Gasteiger partial charge in [-0.05, 0) is 37.6 Å². The Hall–Kier alpha value is -3.00. The molecule has 29 heavy (non-hydrogen) atoms. The van der Waals surface area contributed by atoms with Crippen molar-refractivity contribution in [3.8, 4) is 5.75 Å². The molecule has 0 heterocycles. The topological polar surface area (TPSA) is 93.7 Å². The minimum atomic E-state index is -0.560. The lowest BCUT2D eigenvalue weighted by molar-refractivity contribution is -0.144. The number of methoxy groups -OCH3 is 1. The number of nitrogens with one attached hydrogen (secondary N) is 2. The Balaban J connectivity index is 1.66. The van der Waals surface area contributed by atoms with Gasteiger partial charge in [-0.25, -0.2) is 0 Å². The summed E-state index contributed by atoms with van der Waals surface area (Å²) >= 11 is 1.12. The standard InChI is InChI=1S/C21H24N2O5S/c1-14-7-8-18(15(2)9-14)23-20(25)12-29-13-21(26)28-11-19(24)22-16-5-4-6-17(10-16)27-3/h4-10H,11-13H2,1-3H3,(H,22,24)(H,23,25). The normalized spacial score (nSPS) is 10.2. The van der Waals surface area contributed by atoms with Gasteiger partial charge in [-0.15, -0.1) is 11.8 Å². The molecule has 0 aliphatic rings. The number of carbonyl (C=O) groups is 3. The number of esters is 1. The number of rotatable bonds is 9. The van der Waals surface area contributed by atoms with E-state index in [-0.39, 0.29) is 17.4 Å². The molecule has 2 aromatic carbocycles. The highest BCUT2D eigenvalue weighted by atomic mass is 32.2. The summed E-state index contributed by atoms with van der Waals surface area (Å²) < 4.78 is 10.0. The van der Waals surface area contributed by atoms with Crippen LogP contribution in [0.15, 0.2) is 42.5 Å². The lowest BCUT2D eigenvalue weighted by Gasteiger charge is -2.09. The molecular formula is C21H24N2O5S. The van der Waals surface area contributed by atoms with Crippen molar-refractivity contribution >= 4 is 40.9 Å². The lowest BCUT2D eigenvalue weighted by Crippen LogP contribution is -2.22. The highest BCUT2D eigenvalue weighted by Crippen LogP contribution is 2.17. The Morgan fingerprint density at radius 1 is 0.966 bits per heavy atom. The first-order valence-electron chi connectivity index (χ1n) is 8.91. The van der Waals surface area contributed by atoms with E-state index in [0.717, 1.165) is 28.6 Å². The highest BCUT2D eigenvalue weighted by Gasteiger charge is 2.11. The molecule has 0 radical (unpaired) electrons. The zero-order valence-electron chi connectivity index (χ0n) is 16.6. The van der Waals surface area contributed by atoms with Gasteiger partial charge in [0.15, 0.2) is 6.61 Å². The van der Waals surface area contributed by atoms with Crippen molar-refractivity contribution in [2.45, 2.75) is 13.8 Å². The Morgan fingerprint density at radius 2 is 1.76 bits per heavy atom. The maximum Gasteiger partial charge on any atom is 0.316 e. The molecule has 2 N–H and O–H groups in total. The smallest absolute Gasteiger partial charge is 0.316 e. The third kappa shape index (κ3) is 7.87. The molecule has 154 valence electrons. The van der Waals surface area contributed by atoms with E-state index < -0.39 is 18.5 Å². The molecule has 0 saturated carbocycles. The number of anilines is 2. The minimum Gasteiger partial charge on any atom is -0.497 e. The van der Waals surface area contributed by atoms with Gasteiger partial charge in [-0.3, -0.25) is 14.4 Å². The van der Waals surface area contributed by atoms with Crippen LogP contribution in [0.2, 0.25) is 0 Å². The number of benzene rings is 2. The molecule has 7 nitrogen and oxygen atoms in total. The Bertz CT molecular complexity index is 885. The predicted molar refractivity (Wildman–Crippen MR) is 114 cm³/mol. The van der Waals surface area contributed by atoms with Crippen LogP contribution in [0, 0.1) is 13.8 Å². The second kappa shape index (κ2) is 11.1. The Kier molecular flexibility index (Phi) is 8.54. The van der Waals surface area contributed by atoms with Gasteiger partial charge in [-0.1, -0.05) is 23.8 Å². The van der Waals surface area contributed by atoms with Gasteiger partial charge in [-0.2, -0.15) is 0 Å². The molecule has 2 amide bonds. The fraction of sp³-hybridized carbons (Fsp3) is 0.286. The first-order chi connectivity index (χ1) is 13.9. The number of hydrogen-bond acceptors (Lipinski definition) is 6. The molecule has 0 spiro atoms. The van der Waals surface area contributed by atoms with E-state index in [4.69, 9.17) is 9.47 Å². The van der Waals surface area contributed by atoms with Crippen molar-refractivity contribution < 1.29 is 23.9 Å². The summed E-state index contributed by atoms with van der Waals surface area (Å²) in [7, 11) is 1.53. The van der Waals surface area contributed by atoms with E-state index in [1.165, 1.54) is 7.11 Å². The van der Waals surface area contributed by atoms with Crippen molar-refractivity contribution in [1.82, 2.24) is 0 Å². The van der Waals surface area contributed by atoms with Gasteiger partial charge in [0.1, 0.15) is 5.75 Å². The van der Waals surface area contributed by atoms with Crippen molar-refractivity contribution in [2.24, 2.45) is 0 Å². The summed E-state index contributed by atoms with van der Waals surface area (Å²) in [6.45, 7) is 3.51. The zero-order valence-corrected chi connectivity index (χ0v) is 17.4. The molecule has 0 aliphatic heterocycles. The number of amides is 2. The van der Waals surface area contributed by atoms with Crippen LogP contribution in [0.5, 0.6) is 5.75 Å². The van der Waals surface area contributed by atoms with Gasteiger partial charge < -0.3 is 20.1 Å². The predicted octanol–water partition coefficient (Wildman–Crippen LogP) is 3.17. The van der Waals surface area contributed by atoms with Crippen LogP contribution in [0.3, 0.4) is 0 Å². The van der Waals surface area contributed by atoms with Gasteiger partial charge in [0.05, 0.1) is 18.6 Å². The molecule has 0 aromatic heterocycles. The second-order valence-corrected chi connectivity index (χ2v) is 7.29. The summed E-state index contributed by atoms with van der Waals surface area (Å²) in [6, 6.07) is 12.6.